The largest absolute Gasteiger partial charge is 0.496 e. The Kier molecular flexibility index (Phi) is 4.72. The molecule has 1 aliphatic rings. The Balaban J connectivity index is 2.38. The average molecular weight is 312 g/mol. The van der Waals surface area contributed by atoms with E-state index in [1.54, 1.807) is 24.3 Å². The van der Waals surface area contributed by atoms with Crippen LogP contribution in [-0.2, 0) is 11.2 Å². The van der Waals surface area contributed by atoms with Gasteiger partial charge in [-0.15, -0.1) is 0 Å². The number of carboxylic acids is 1. The topological polar surface area (TPSA) is 127 Å². The third-order valence-electron chi connectivity index (χ3n) is 4.29. The maximum Gasteiger partial charge on any atom is 0.336 e. The molecule has 1 aliphatic carbocycles. The van der Waals surface area contributed by atoms with Crippen molar-refractivity contribution in [3.63, 3.8) is 0 Å². The number of hydrogen-bond donors (Lipinski definition) is 5. The summed E-state index contributed by atoms with van der Waals surface area (Å²) in [6.07, 6.45) is -5.17. The summed E-state index contributed by atoms with van der Waals surface area (Å²) in [4.78, 5) is 11.4. The Morgan fingerprint density at radius 3 is 2.50 bits per heavy atom. The molecule has 1 saturated carbocycles. The Labute approximate surface area is 127 Å². The molecule has 5 N–H and O–H groups in total. The van der Waals surface area contributed by atoms with Gasteiger partial charge in [-0.1, -0.05) is 18.2 Å². The van der Waals surface area contributed by atoms with E-state index >= 15 is 0 Å². The minimum atomic E-state index is -2.33. The van der Waals surface area contributed by atoms with E-state index in [4.69, 9.17) is 4.74 Å². The molecule has 7 heteroatoms. The summed E-state index contributed by atoms with van der Waals surface area (Å²) in [6.45, 7) is 0. The minimum absolute atomic E-state index is 0.0161. The Hall–Kier alpha value is -1.67. The molecule has 122 valence electrons. The van der Waals surface area contributed by atoms with Crippen LogP contribution in [0.25, 0.3) is 0 Å². The third kappa shape index (κ3) is 2.80. The van der Waals surface area contributed by atoms with Crippen molar-refractivity contribution in [1.29, 1.82) is 0 Å². The zero-order chi connectivity index (χ0) is 16.5. The quantitative estimate of drug-likeness (QED) is 0.490. The molecule has 0 spiro atoms. The number of ether oxygens (including phenoxy) is 1. The number of methoxy groups -OCH3 is 1. The van der Waals surface area contributed by atoms with Gasteiger partial charge in [-0.3, -0.25) is 0 Å². The second kappa shape index (κ2) is 6.21. The summed E-state index contributed by atoms with van der Waals surface area (Å²) in [6, 6.07) is 6.82. The number of aliphatic hydroxyl groups is 4. The number of aliphatic hydroxyl groups excluding tert-OH is 3. The molecular formula is C15H20O7. The monoisotopic (exact) mass is 312 g/mol. The fourth-order valence-electron chi connectivity index (χ4n) is 2.98. The molecule has 0 amide bonds. The van der Waals surface area contributed by atoms with Gasteiger partial charge >= 0.3 is 5.97 Å². The van der Waals surface area contributed by atoms with Crippen LogP contribution in [0.5, 0.6) is 5.75 Å². The Morgan fingerprint density at radius 2 is 1.91 bits per heavy atom. The number of rotatable bonds is 4. The van der Waals surface area contributed by atoms with Gasteiger partial charge in [0.1, 0.15) is 11.9 Å². The predicted octanol–water partition coefficient (Wildman–Crippen LogP) is -0.844. The molecule has 0 saturated heterocycles. The maximum absolute atomic E-state index is 11.4. The smallest absolute Gasteiger partial charge is 0.336 e. The van der Waals surface area contributed by atoms with E-state index in [1.807, 2.05) is 0 Å². The van der Waals surface area contributed by atoms with Crippen molar-refractivity contribution in [3.8, 4) is 5.75 Å². The van der Waals surface area contributed by atoms with E-state index in [9.17, 15) is 30.3 Å². The SMILES string of the molecule is COc1ccccc1C[C@@H]1[C@@H](O)[C@H](O)[C@H](O)C[C@]1(O)C(=O)O. The molecule has 22 heavy (non-hydrogen) atoms. The van der Waals surface area contributed by atoms with Gasteiger partial charge in [-0.05, 0) is 18.1 Å². The van der Waals surface area contributed by atoms with Crippen LogP contribution in [-0.4, -0.2) is 62.5 Å². The van der Waals surface area contributed by atoms with E-state index in [2.05, 4.69) is 0 Å². The zero-order valence-corrected chi connectivity index (χ0v) is 12.1. The lowest BCUT2D eigenvalue weighted by Crippen LogP contribution is -2.63. The fourth-order valence-corrected chi connectivity index (χ4v) is 2.98. The van der Waals surface area contributed by atoms with Crippen molar-refractivity contribution in [3.05, 3.63) is 29.8 Å². The van der Waals surface area contributed by atoms with Crippen molar-refractivity contribution in [2.24, 2.45) is 5.92 Å². The summed E-state index contributed by atoms with van der Waals surface area (Å²) in [5.74, 6) is -2.24. The van der Waals surface area contributed by atoms with E-state index < -0.39 is 42.2 Å². The van der Waals surface area contributed by atoms with E-state index in [0.717, 1.165) is 0 Å². The normalized spacial score (nSPS) is 35.1. The first kappa shape index (κ1) is 16.7. The zero-order valence-electron chi connectivity index (χ0n) is 12.1. The number of para-hydroxylation sites is 1. The van der Waals surface area contributed by atoms with Crippen LogP contribution in [0.3, 0.4) is 0 Å². The van der Waals surface area contributed by atoms with Gasteiger partial charge in [-0.2, -0.15) is 0 Å². The predicted molar refractivity (Wildman–Crippen MR) is 75.4 cm³/mol. The first-order valence-corrected chi connectivity index (χ1v) is 6.93. The molecule has 1 aromatic carbocycles. The average Bonchev–Trinajstić information content (AvgIpc) is 2.49. The molecule has 0 aromatic heterocycles. The molecule has 0 aliphatic heterocycles. The van der Waals surface area contributed by atoms with Gasteiger partial charge in [0, 0.05) is 12.3 Å². The number of aliphatic carboxylic acids is 1. The van der Waals surface area contributed by atoms with Crippen LogP contribution in [0, 0.1) is 5.92 Å². The van der Waals surface area contributed by atoms with E-state index in [0.29, 0.717) is 11.3 Å². The van der Waals surface area contributed by atoms with Crippen molar-refractivity contribution in [2.75, 3.05) is 7.11 Å². The van der Waals surface area contributed by atoms with Crippen LogP contribution < -0.4 is 4.74 Å². The lowest BCUT2D eigenvalue weighted by Gasteiger charge is -2.44. The molecule has 7 nitrogen and oxygen atoms in total. The molecule has 1 fully saturated rings. The maximum atomic E-state index is 11.4. The van der Waals surface area contributed by atoms with Crippen molar-refractivity contribution < 1.29 is 35.1 Å². The molecular weight excluding hydrogens is 292 g/mol. The highest BCUT2D eigenvalue weighted by Gasteiger charge is 2.56. The molecule has 5 atom stereocenters. The molecule has 1 aromatic rings. The number of benzene rings is 1. The highest BCUT2D eigenvalue weighted by atomic mass is 16.5. The molecule has 0 radical (unpaired) electrons. The third-order valence-corrected chi connectivity index (χ3v) is 4.29. The van der Waals surface area contributed by atoms with Crippen LogP contribution in [0.15, 0.2) is 24.3 Å². The van der Waals surface area contributed by atoms with Crippen molar-refractivity contribution in [1.82, 2.24) is 0 Å². The number of hydrogen-bond acceptors (Lipinski definition) is 6. The summed E-state index contributed by atoms with van der Waals surface area (Å²) in [5.41, 5.74) is -1.74. The van der Waals surface area contributed by atoms with Gasteiger partial charge in [-0.25, -0.2) is 4.79 Å². The van der Waals surface area contributed by atoms with Gasteiger partial charge in [0.05, 0.1) is 19.3 Å². The highest BCUT2D eigenvalue weighted by Crippen LogP contribution is 2.38. The molecule has 0 heterocycles. The minimum Gasteiger partial charge on any atom is -0.496 e. The molecule has 2 rings (SSSR count). The van der Waals surface area contributed by atoms with Crippen LogP contribution in [0.2, 0.25) is 0 Å². The van der Waals surface area contributed by atoms with E-state index in [1.165, 1.54) is 7.11 Å². The van der Waals surface area contributed by atoms with Crippen molar-refractivity contribution >= 4 is 5.97 Å². The first-order chi connectivity index (χ1) is 10.3. The Morgan fingerprint density at radius 1 is 1.27 bits per heavy atom. The number of carbonyl (C=O) groups is 1. The first-order valence-electron chi connectivity index (χ1n) is 6.93. The van der Waals surface area contributed by atoms with Gasteiger partial charge in [0.2, 0.25) is 0 Å². The van der Waals surface area contributed by atoms with Crippen LogP contribution in [0.1, 0.15) is 12.0 Å². The summed E-state index contributed by atoms with van der Waals surface area (Å²) in [5, 5.41) is 49.3. The summed E-state index contributed by atoms with van der Waals surface area (Å²) in [7, 11) is 1.46. The van der Waals surface area contributed by atoms with Gasteiger partial charge in [0.15, 0.2) is 5.60 Å². The van der Waals surface area contributed by atoms with E-state index in [-0.39, 0.29) is 6.42 Å². The van der Waals surface area contributed by atoms with Gasteiger partial charge in [0.25, 0.3) is 0 Å². The lowest BCUT2D eigenvalue weighted by atomic mass is 9.68. The summed E-state index contributed by atoms with van der Waals surface area (Å²) < 4.78 is 5.18. The summed E-state index contributed by atoms with van der Waals surface area (Å²) >= 11 is 0. The van der Waals surface area contributed by atoms with Crippen molar-refractivity contribution in [2.45, 2.75) is 36.8 Å². The highest BCUT2D eigenvalue weighted by molar-refractivity contribution is 5.78. The second-order valence-corrected chi connectivity index (χ2v) is 5.60. The fraction of sp³-hybridized carbons (Fsp3) is 0.533. The lowest BCUT2D eigenvalue weighted by molar-refractivity contribution is -0.209. The van der Waals surface area contributed by atoms with Crippen LogP contribution in [0.4, 0.5) is 0 Å². The Bertz CT molecular complexity index is 546. The molecule has 0 bridgehead atoms. The second-order valence-electron chi connectivity index (χ2n) is 5.60. The molecule has 0 unspecified atom stereocenters. The number of carboxylic acid groups (broad SMARTS) is 1. The van der Waals surface area contributed by atoms with Gasteiger partial charge < -0.3 is 30.3 Å². The van der Waals surface area contributed by atoms with Crippen LogP contribution >= 0.6 is 0 Å². The standard InChI is InChI=1S/C15H20O7/c1-22-11-5-3-2-4-8(11)6-9-12(17)13(18)10(16)7-15(9,21)14(19)20/h2-5,9-10,12-13,16-18,21H,6-7H2,1H3,(H,19,20)/t9-,10-,12-,13-,15-/m1/s1.